The molecule has 0 radical (unpaired) electrons. The Morgan fingerprint density at radius 1 is 0.810 bits per heavy atom. The van der Waals surface area contributed by atoms with E-state index in [0.29, 0.717) is 13.2 Å². The van der Waals surface area contributed by atoms with Crippen LogP contribution in [0.5, 0.6) is 23.0 Å². The molecule has 108 valence electrons. The van der Waals surface area contributed by atoms with Crippen molar-refractivity contribution in [3.05, 3.63) is 47.5 Å². The van der Waals surface area contributed by atoms with Crippen LogP contribution in [-0.4, -0.2) is 30.2 Å². The lowest BCUT2D eigenvalue weighted by atomic mass is 9.72. The topological polar surface area (TPSA) is 68.2 Å². The van der Waals surface area contributed by atoms with Crippen LogP contribution in [0.4, 0.5) is 0 Å². The molecule has 0 aromatic heterocycles. The zero-order valence-electron chi connectivity index (χ0n) is 11.2. The van der Waals surface area contributed by atoms with Gasteiger partial charge < -0.3 is 24.4 Å². The Kier molecular flexibility index (Phi) is 2.53. The van der Waals surface area contributed by atoms with Crippen molar-refractivity contribution in [1.29, 1.82) is 0 Å². The molecule has 2 aliphatic rings. The van der Waals surface area contributed by atoms with Crippen LogP contribution in [0, 0.1) is 0 Å². The SMILES string of the molecule is Oc1ccc(C2(c3ccc4c(c3)OCO4)COC2)cc1O. The van der Waals surface area contributed by atoms with Crippen molar-refractivity contribution in [2.45, 2.75) is 5.41 Å². The van der Waals surface area contributed by atoms with E-state index in [1.807, 2.05) is 24.3 Å². The normalized spacial score (nSPS) is 18.3. The number of ether oxygens (including phenoxy) is 3. The predicted octanol–water partition coefficient (Wildman–Crippen LogP) is 2.14. The molecule has 0 spiro atoms. The Hall–Kier alpha value is -2.40. The van der Waals surface area contributed by atoms with Crippen molar-refractivity contribution < 1.29 is 24.4 Å². The molecule has 21 heavy (non-hydrogen) atoms. The summed E-state index contributed by atoms with van der Waals surface area (Å²) >= 11 is 0. The zero-order valence-corrected chi connectivity index (χ0v) is 11.2. The number of phenolic OH excluding ortho intramolecular Hbond substituents is 2. The number of rotatable bonds is 2. The number of hydrogen-bond donors (Lipinski definition) is 2. The quantitative estimate of drug-likeness (QED) is 0.828. The van der Waals surface area contributed by atoms with Crippen LogP contribution in [0.1, 0.15) is 11.1 Å². The van der Waals surface area contributed by atoms with Crippen molar-refractivity contribution >= 4 is 0 Å². The third kappa shape index (κ3) is 1.74. The van der Waals surface area contributed by atoms with Crippen LogP contribution in [0.15, 0.2) is 36.4 Å². The fourth-order valence-corrected chi connectivity index (χ4v) is 2.82. The molecule has 2 aromatic carbocycles. The highest BCUT2D eigenvalue weighted by atomic mass is 16.7. The van der Waals surface area contributed by atoms with E-state index in [2.05, 4.69) is 0 Å². The van der Waals surface area contributed by atoms with Gasteiger partial charge in [-0.3, -0.25) is 0 Å². The Morgan fingerprint density at radius 2 is 1.52 bits per heavy atom. The number of phenols is 2. The van der Waals surface area contributed by atoms with E-state index in [0.717, 1.165) is 22.6 Å². The second-order valence-electron chi connectivity index (χ2n) is 5.35. The molecule has 0 aliphatic carbocycles. The van der Waals surface area contributed by atoms with Crippen LogP contribution >= 0.6 is 0 Å². The number of hydrogen-bond acceptors (Lipinski definition) is 5. The van der Waals surface area contributed by atoms with E-state index in [4.69, 9.17) is 14.2 Å². The fourth-order valence-electron chi connectivity index (χ4n) is 2.82. The van der Waals surface area contributed by atoms with Crippen molar-refractivity contribution in [3.8, 4) is 23.0 Å². The highest BCUT2D eigenvalue weighted by Crippen LogP contribution is 2.44. The number of fused-ring (bicyclic) bond motifs is 1. The van der Waals surface area contributed by atoms with E-state index < -0.39 is 0 Å². The molecule has 0 unspecified atom stereocenters. The maximum Gasteiger partial charge on any atom is 0.231 e. The van der Waals surface area contributed by atoms with Gasteiger partial charge in [0.25, 0.3) is 0 Å². The van der Waals surface area contributed by atoms with Gasteiger partial charge in [0.2, 0.25) is 6.79 Å². The zero-order chi connectivity index (χ0) is 14.4. The molecule has 2 aromatic rings. The highest BCUT2D eigenvalue weighted by Gasteiger charge is 2.43. The first-order valence-electron chi connectivity index (χ1n) is 6.69. The molecule has 4 rings (SSSR count). The Labute approximate surface area is 121 Å². The largest absolute Gasteiger partial charge is 0.504 e. The minimum atomic E-state index is -0.327. The van der Waals surface area contributed by atoms with Crippen molar-refractivity contribution in [2.24, 2.45) is 0 Å². The fraction of sp³-hybridized carbons (Fsp3) is 0.250. The van der Waals surface area contributed by atoms with Crippen molar-refractivity contribution in [3.63, 3.8) is 0 Å². The summed E-state index contributed by atoms with van der Waals surface area (Å²) in [7, 11) is 0. The molecule has 2 aliphatic heterocycles. The molecule has 2 heterocycles. The Morgan fingerprint density at radius 3 is 2.24 bits per heavy atom. The summed E-state index contributed by atoms with van der Waals surface area (Å²) in [6.45, 7) is 1.29. The molecular weight excluding hydrogens is 272 g/mol. The average Bonchev–Trinajstić information content (AvgIpc) is 2.89. The van der Waals surface area contributed by atoms with Gasteiger partial charge in [-0.25, -0.2) is 0 Å². The van der Waals surface area contributed by atoms with E-state index in [-0.39, 0.29) is 23.7 Å². The van der Waals surface area contributed by atoms with Crippen molar-refractivity contribution in [1.82, 2.24) is 0 Å². The molecule has 0 atom stereocenters. The molecule has 1 saturated heterocycles. The molecule has 5 heteroatoms. The van der Waals surface area contributed by atoms with Gasteiger partial charge in [-0.2, -0.15) is 0 Å². The lowest BCUT2D eigenvalue weighted by Gasteiger charge is -2.42. The first kappa shape index (κ1) is 12.3. The maximum absolute atomic E-state index is 9.75. The minimum Gasteiger partial charge on any atom is -0.504 e. The average molecular weight is 286 g/mol. The summed E-state index contributed by atoms with van der Waals surface area (Å²) in [6.07, 6.45) is 0. The molecule has 0 bridgehead atoms. The summed E-state index contributed by atoms with van der Waals surface area (Å²) in [5.74, 6) is 1.21. The van der Waals surface area contributed by atoms with Gasteiger partial charge in [0.15, 0.2) is 23.0 Å². The molecule has 0 amide bonds. The summed E-state index contributed by atoms with van der Waals surface area (Å²) < 4.78 is 16.2. The van der Waals surface area contributed by atoms with E-state index in [9.17, 15) is 10.2 Å². The lowest BCUT2D eigenvalue weighted by Crippen LogP contribution is -2.47. The minimum absolute atomic E-state index is 0.125. The van der Waals surface area contributed by atoms with Gasteiger partial charge in [0.1, 0.15) is 0 Å². The molecular formula is C16H14O5. The van der Waals surface area contributed by atoms with Gasteiger partial charge in [-0.05, 0) is 35.4 Å². The summed E-state index contributed by atoms with van der Waals surface area (Å²) in [5.41, 5.74) is 1.62. The number of benzene rings is 2. The van der Waals surface area contributed by atoms with Gasteiger partial charge in [0.05, 0.1) is 18.6 Å². The smallest absolute Gasteiger partial charge is 0.231 e. The highest BCUT2D eigenvalue weighted by molar-refractivity contribution is 5.53. The van der Waals surface area contributed by atoms with E-state index in [1.54, 1.807) is 6.07 Å². The lowest BCUT2D eigenvalue weighted by molar-refractivity contribution is -0.0381. The van der Waals surface area contributed by atoms with Crippen LogP contribution < -0.4 is 9.47 Å². The van der Waals surface area contributed by atoms with Gasteiger partial charge in [-0.15, -0.1) is 0 Å². The molecule has 2 N–H and O–H groups in total. The Bertz CT molecular complexity index is 706. The first-order chi connectivity index (χ1) is 10.2. The van der Waals surface area contributed by atoms with E-state index in [1.165, 1.54) is 6.07 Å². The third-order valence-corrected chi connectivity index (χ3v) is 4.15. The van der Waals surface area contributed by atoms with Gasteiger partial charge in [0, 0.05) is 0 Å². The van der Waals surface area contributed by atoms with Gasteiger partial charge in [-0.1, -0.05) is 12.1 Å². The maximum atomic E-state index is 9.75. The molecule has 5 nitrogen and oxygen atoms in total. The number of aromatic hydroxyl groups is 2. The second kappa shape index (κ2) is 4.30. The monoisotopic (exact) mass is 286 g/mol. The molecule has 1 fully saturated rings. The third-order valence-electron chi connectivity index (χ3n) is 4.15. The second-order valence-corrected chi connectivity index (χ2v) is 5.35. The first-order valence-corrected chi connectivity index (χ1v) is 6.69. The van der Waals surface area contributed by atoms with E-state index >= 15 is 0 Å². The predicted molar refractivity (Wildman–Crippen MR) is 73.9 cm³/mol. The Balaban J connectivity index is 1.81. The summed E-state index contributed by atoms with van der Waals surface area (Å²) in [6, 6.07) is 10.7. The van der Waals surface area contributed by atoms with Crippen molar-refractivity contribution in [2.75, 3.05) is 20.0 Å². The van der Waals surface area contributed by atoms with Crippen LogP contribution in [0.25, 0.3) is 0 Å². The van der Waals surface area contributed by atoms with Gasteiger partial charge >= 0.3 is 0 Å². The van der Waals surface area contributed by atoms with Crippen LogP contribution in [0.3, 0.4) is 0 Å². The standard InChI is InChI=1S/C16H14O5/c17-12-3-1-10(5-13(12)18)16(7-19-8-16)11-2-4-14-15(6-11)21-9-20-14/h1-6,17-18H,7-9H2. The van der Waals surface area contributed by atoms with Crippen LogP contribution in [0.2, 0.25) is 0 Å². The summed E-state index contributed by atoms with van der Waals surface area (Å²) in [5, 5.41) is 19.2. The molecule has 0 saturated carbocycles. The van der Waals surface area contributed by atoms with Crippen LogP contribution in [-0.2, 0) is 10.2 Å². The summed E-state index contributed by atoms with van der Waals surface area (Å²) in [4.78, 5) is 0.